The number of hydrogen-bond donors (Lipinski definition) is 1. The topological polar surface area (TPSA) is 32.3 Å². The van der Waals surface area contributed by atoms with Gasteiger partial charge in [-0.3, -0.25) is 0 Å². The number of benzene rings is 2. The first-order chi connectivity index (χ1) is 10.6. The van der Waals surface area contributed by atoms with Gasteiger partial charge in [-0.25, -0.2) is 4.79 Å². The largest absolute Gasteiger partial charge is 0.322 e. The van der Waals surface area contributed by atoms with E-state index in [0.717, 1.165) is 24.1 Å². The number of nitrogens with one attached hydrogen (secondary N) is 1. The highest BCUT2D eigenvalue weighted by molar-refractivity contribution is 5.89. The molecule has 2 rings (SSSR count). The van der Waals surface area contributed by atoms with Gasteiger partial charge in [0, 0.05) is 12.7 Å². The van der Waals surface area contributed by atoms with E-state index in [1.165, 1.54) is 5.56 Å². The standard InChI is InChI=1S/C19H24N2O/c1-4-8-16-11-13-18(14-12-16)20-19(22)21(3)15(2)17-9-6-5-7-10-17/h5-7,9-15H,4,8H2,1-3H3,(H,20,22). The van der Waals surface area contributed by atoms with Crippen LogP contribution in [-0.2, 0) is 6.42 Å². The molecule has 1 N–H and O–H groups in total. The molecule has 0 saturated carbocycles. The molecule has 1 atom stereocenters. The monoisotopic (exact) mass is 296 g/mol. The van der Waals surface area contributed by atoms with Gasteiger partial charge < -0.3 is 10.2 Å². The van der Waals surface area contributed by atoms with E-state index < -0.39 is 0 Å². The molecule has 0 aliphatic rings. The molecule has 22 heavy (non-hydrogen) atoms. The lowest BCUT2D eigenvalue weighted by atomic mass is 10.1. The molecule has 116 valence electrons. The van der Waals surface area contributed by atoms with E-state index in [1.54, 1.807) is 4.90 Å². The predicted octanol–water partition coefficient (Wildman–Crippen LogP) is 4.86. The summed E-state index contributed by atoms with van der Waals surface area (Å²) in [6.45, 7) is 4.19. The van der Waals surface area contributed by atoms with Gasteiger partial charge in [-0.05, 0) is 36.6 Å². The summed E-state index contributed by atoms with van der Waals surface area (Å²) in [6.07, 6.45) is 2.20. The van der Waals surface area contributed by atoms with Crippen LogP contribution in [0.3, 0.4) is 0 Å². The van der Waals surface area contributed by atoms with Crippen LogP contribution in [0, 0.1) is 0 Å². The Morgan fingerprint density at radius 3 is 2.32 bits per heavy atom. The van der Waals surface area contributed by atoms with E-state index in [2.05, 4.69) is 24.4 Å². The van der Waals surface area contributed by atoms with Crippen LogP contribution < -0.4 is 5.32 Å². The Hall–Kier alpha value is -2.29. The quantitative estimate of drug-likeness (QED) is 0.839. The zero-order valence-corrected chi connectivity index (χ0v) is 13.5. The minimum Gasteiger partial charge on any atom is -0.321 e. The summed E-state index contributed by atoms with van der Waals surface area (Å²) in [5.74, 6) is 0. The van der Waals surface area contributed by atoms with Crippen LogP contribution in [-0.4, -0.2) is 18.0 Å². The average Bonchev–Trinajstić information content (AvgIpc) is 2.56. The highest BCUT2D eigenvalue weighted by Gasteiger charge is 2.17. The first-order valence-electron chi connectivity index (χ1n) is 7.79. The Kier molecular flexibility index (Phi) is 5.59. The van der Waals surface area contributed by atoms with Gasteiger partial charge in [0.05, 0.1) is 6.04 Å². The maximum atomic E-state index is 12.4. The number of amides is 2. The molecule has 3 nitrogen and oxygen atoms in total. The van der Waals surface area contributed by atoms with Crippen LogP contribution in [0.2, 0.25) is 0 Å². The molecule has 0 heterocycles. The molecule has 3 heteroatoms. The molecule has 1 unspecified atom stereocenters. The average molecular weight is 296 g/mol. The highest BCUT2D eigenvalue weighted by Crippen LogP contribution is 2.19. The van der Waals surface area contributed by atoms with Crippen LogP contribution in [0.25, 0.3) is 0 Å². The van der Waals surface area contributed by atoms with Crippen molar-refractivity contribution in [3.8, 4) is 0 Å². The summed E-state index contributed by atoms with van der Waals surface area (Å²) in [7, 11) is 1.82. The zero-order valence-electron chi connectivity index (χ0n) is 13.5. The molecule has 0 saturated heterocycles. The van der Waals surface area contributed by atoms with Gasteiger partial charge in [-0.2, -0.15) is 0 Å². The summed E-state index contributed by atoms with van der Waals surface area (Å²) >= 11 is 0. The fourth-order valence-corrected chi connectivity index (χ4v) is 2.39. The predicted molar refractivity (Wildman–Crippen MR) is 92.1 cm³/mol. The van der Waals surface area contributed by atoms with Crippen molar-refractivity contribution in [3.05, 3.63) is 65.7 Å². The summed E-state index contributed by atoms with van der Waals surface area (Å²) in [4.78, 5) is 14.1. The first-order valence-corrected chi connectivity index (χ1v) is 7.79. The Balaban J connectivity index is 1.99. The number of aryl methyl sites for hydroxylation is 1. The van der Waals surface area contributed by atoms with Gasteiger partial charge in [0.2, 0.25) is 0 Å². The maximum absolute atomic E-state index is 12.4. The van der Waals surface area contributed by atoms with Gasteiger partial charge in [0.15, 0.2) is 0 Å². The van der Waals surface area contributed by atoms with E-state index in [4.69, 9.17) is 0 Å². The van der Waals surface area contributed by atoms with E-state index in [0.29, 0.717) is 0 Å². The molecule has 0 spiro atoms. The summed E-state index contributed by atoms with van der Waals surface area (Å²) in [5.41, 5.74) is 3.25. The minimum atomic E-state index is -0.0976. The molecular weight excluding hydrogens is 272 g/mol. The van der Waals surface area contributed by atoms with Crippen molar-refractivity contribution in [2.45, 2.75) is 32.7 Å². The number of anilines is 1. The second kappa shape index (κ2) is 7.64. The molecule has 2 aromatic carbocycles. The molecule has 0 radical (unpaired) electrons. The number of rotatable bonds is 5. The number of nitrogens with zero attached hydrogens (tertiary/aromatic N) is 1. The second-order valence-corrected chi connectivity index (χ2v) is 5.57. The fraction of sp³-hybridized carbons (Fsp3) is 0.316. The van der Waals surface area contributed by atoms with Crippen LogP contribution in [0.4, 0.5) is 10.5 Å². The summed E-state index contributed by atoms with van der Waals surface area (Å²) < 4.78 is 0. The Bertz CT molecular complexity index is 593. The molecule has 0 bridgehead atoms. The maximum Gasteiger partial charge on any atom is 0.322 e. The first kappa shape index (κ1) is 16.1. The lowest BCUT2D eigenvalue weighted by Crippen LogP contribution is -2.33. The molecular formula is C19H24N2O. The minimum absolute atomic E-state index is 0.0283. The van der Waals surface area contributed by atoms with Gasteiger partial charge in [0.25, 0.3) is 0 Å². The number of hydrogen-bond acceptors (Lipinski definition) is 1. The Morgan fingerprint density at radius 1 is 1.09 bits per heavy atom. The Morgan fingerprint density at radius 2 is 1.73 bits per heavy atom. The molecule has 2 aromatic rings. The van der Waals surface area contributed by atoms with Gasteiger partial charge in [-0.1, -0.05) is 55.8 Å². The molecule has 2 amide bonds. The van der Waals surface area contributed by atoms with Crippen molar-refractivity contribution in [2.75, 3.05) is 12.4 Å². The van der Waals surface area contributed by atoms with Crippen molar-refractivity contribution in [2.24, 2.45) is 0 Å². The SMILES string of the molecule is CCCc1ccc(NC(=O)N(C)C(C)c2ccccc2)cc1. The zero-order chi connectivity index (χ0) is 15.9. The van der Waals surface area contributed by atoms with Crippen LogP contribution in [0.1, 0.15) is 37.4 Å². The third kappa shape index (κ3) is 4.10. The van der Waals surface area contributed by atoms with Crippen LogP contribution in [0.15, 0.2) is 54.6 Å². The fourth-order valence-electron chi connectivity index (χ4n) is 2.39. The molecule has 0 fully saturated rings. The molecule has 0 aromatic heterocycles. The second-order valence-electron chi connectivity index (χ2n) is 5.57. The van der Waals surface area contributed by atoms with E-state index in [1.807, 2.05) is 56.4 Å². The normalized spacial score (nSPS) is 11.8. The van der Waals surface area contributed by atoms with Gasteiger partial charge in [0.1, 0.15) is 0 Å². The lowest BCUT2D eigenvalue weighted by Gasteiger charge is -2.25. The summed E-state index contributed by atoms with van der Waals surface area (Å²) in [5, 5.41) is 2.95. The lowest BCUT2D eigenvalue weighted by molar-refractivity contribution is 0.208. The van der Waals surface area contributed by atoms with Gasteiger partial charge in [-0.15, -0.1) is 0 Å². The highest BCUT2D eigenvalue weighted by atomic mass is 16.2. The van der Waals surface area contributed by atoms with E-state index >= 15 is 0 Å². The number of urea groups is 1. The third-order valence-electron chi connectivity index (χ3n) is 3.93. The smallest absolute Gasteiger partial charge is 0.321 e. The van der Waals surface area contributed by atoms with Crippen LogP contribution >= 0.6 is 0 Å². The number of carbonyl (C=O) groups excluding carboxylic acids is 1. The Labute approximate surface area is 133 Å². The van der Waals surface area contributed by atoms with Crippen molar-refractivity contribution in [1.29, 1.82) is 0 Å². The van der Waals surface area contributed by atoms with Crippen molar-refractivity contribution in [3.63, 3.8) is 0 Å². The third-order valence-corrected chi connectivity index (χ3v) is 3.93. The van der Waals surface area contributed by atoms with Crippen molar-refractivity contribution in [1.82, 2.24) is 4.90 Å². The van der Waals surface area contributed by atoms with E-state index in [9.17, 15) is 4.79 Å². The van der Waals surface area contributed by atoms with Gasteiger partial charge >= 0.3 is 6.03 Å². The van der Waals surface area contributed by atoms with Crippen molar-refractivity contribution < 1.29 is 4.79 Å². The summed E-state index contributed by atoms with van der Waals surface area (Å²) in [6, 6.07) is 18.0. The van der Waals surface area contributed by atoms with Crippen molar-refractivity contribution >= 4 is 11.7 Å². The van der Waals surface area contributed by atoms with E-state index in [-0.39, 0.29) is 12.1 Å². The molecule has 0 aliphatic heterocycles. The number of carbonyl (C=O) groups is 1. The molecule has 0 aliphatic carbocycles. The van der Waals surface area contributed by atoms with Crippen LogP contribution in [0.5, 0.6) is 0 Å².